The Hall–Kier alpha value is -1.35. The van der Waals surface area contributed by atoms with E-state index in [9.17, 15) is 0 Å². The molecule has 0 saturated carbocycles. The average molecular weight is 384 g/mol. The second-order valence-electron chi connectivity index (χ2n) is 5.76. The summed E-state index contributed by atoms with van der Waals surface area (Å²) in [6.07, 6.45) is 5.13. The molecule has 0 saturated heterocycles. The summed E-state index contributed by atoms with van der Waals surface area (Å²) in [5.41, 5.74) is 5.96. The van der Waals surface area contributed by atoms with E-state index in [1.165, 1.54) is 51.2 Å². The van der Waals surface area contributed by atoms with Crippen LogP contribution in [0, 0.1) is 3.57 Å². The summed E-state index contributed by atoms with van der Waals surface area (Å²) in [6, 6.07) is 19.8. The van der Waals surface area contributed by atoms with Crippen molar-refractivity contribution in [3.8, 4) is 11.1 Å². The fourth-order valence-corrected chi connectivity index (χ4v) is 4.76. The fraction of sp³-hybridized carbons (Fsp3) is 0.200. The van der Waals surface area contributed by atoms with Gasteiger partial charge in [-0.2, -0.15) is 0 Å². The third kappa shape index (κ3) is 2.18. The van der Waals surface area contributed by atoms with Crippen molar-refractivity contribution in [2.24, 2.45) is 0 Å². The van der Waals surface area contributed by atoms with Gasteiger partial charge in [-0.15, -0.1) is 0 Å². The van der Waals surface area contributed by atoms with Gasteiger partial charge in [-0.1, -0.05) is 54.6 Å². The van der Waals surface area contributed by atoms with Crippen LogP contribution in [0.15, 0.2) is 54.6 Å². The lowest BCUT2D eigenvalue weighted by Crippen LogP contribution is -2.07. The van der Waals surface area contributed by atoms with Crippen molar-refractivity contribution in [3.05, 3.63) is 69.3 Å². The standard InChI is InChI=1S/C20H17I/c21-20-18-13-7-5-11-16(18)15-10-4-6-12-17(15)19(20)14-8-2-1-3-9-14/h1-4,6,8-10,12H,5,7,11,13H2. The van der Waals surface area contributed by atoms with Gasteiger partial charge in [-0.05, 0) is 75.7 Å². The van der Waals surface area contributed by atoms with Crippen molar-refractivity contribution in [3.63, 3.8) is 0 Å². The lowest BCUT2D eigenvalue weighted by molar-refractivity contribution is 0.687. The summed E-state index contributed by atoms with van der Waals surface area (Å²) in [6.45, 7) is 0. The molecule has 0 fully saturated rings. The van der Waals surface area contributed by atoms with Crippen LogP contribution in [0.3, 0.4) is 0 Å². The van der Waals surface area contributed by atoms with Gasteiger partial charge in [-0.25, -0.2) is 0 Å². The number of hydrogen-bond donors (Lipinski definition) is 0. The van der Waals surface area contributed by atoms with Crippen LogP contribution < -0.4 is 0 Å². The zero-order chi connectivity index (χ0) is 14.2. The third-order valence-corrected chi connectivity index (χ3v) is 5.73. The van der Waals surface area contributed by atoms with Gasteiger partial charge >= 0.3 is 0 Å². The Bertz CT molecular complexity index is 803. The Morgan fingerprint density at radius 2 is 1.29 bits per heavy atom. The van der Waals surface area contributed by atoms with Gasteiger partial charge in [0.2, 0.25) is 0 Å². The monoisotopic (exact) mass is 384 g/mol. The highest BCUT2D eigenvalue weighted by Crippen LogP contribution is 2.40. The molecule has 0 unspecified atom stereocenters. The van der Waals surface area contributed by atoms with Crippen molar-refractivity contribution in [2.45, 2.75) is 25.7 Å². The van der Waals surface area contributed by atoms with E-state index in [-0.39, 0.29) is 0 Å². The smallest absolute Gasteiger partial charge is 0.0250 e. The molecule has 0 bridgehead atoms. The lowest BCUT2D eigenvalue weighted by atomic mass is 9.84. The van der Waals surface area contributed by atoms with Gasteiger partial charge in [-0.3, -0.25) is 0 Å². The first-order valence-corrected chi connectivity index (χ1v) is 8.71. The van der Waals surface area contributed by atoms with Crippen LogP contribution in [-0.2, 0) is 12.8 Å². The molecule has 0 spiro atoms. The van der Waals surface area contributed by atoms with Crippen molar-refractivity contribution in [1.29, 1.82) is 0 Å². The average Bonchev–Trinajstić information content (AvgIpc) is 2.56. The molecule has 1 aliphatic carbocycles. The lowest BCUT2D eigenvalue weighted by Gasteiger charge is -2.23. The topological polar surface area (TPSA) is 0 Å². The highest BCUT2D eigenvalue weighted by molar-refractivity contribution is 14.1. The van der Waals surface area contributed by atoms with E-state index in [0.29, 0.717) is 0 Å². The van der Waals surface area contributed by atoms with E-state index in [2.05, 4.69) is 77.2 Å². The van der Waals surface area contributed by atoms with Crippen LogP contribution in [0.5, 0.6) is 0 Å². The number of benzene rings is 3. The summed E-state index contributed by atoms with van der Waals surface area (Å²) in [5, 5.41) is 2.88. The van der Waals surface area contributed by atoms with Crippen LogP contribution in [0.4, 0.5) is 0 Å². The minimum atomic E-state index is 1.23. The summed E-state index contributed by atoms with van der Waals surface area (Å²) in [4.78, 5) is 0. The second kappa shape index (κ2) is 5.45. The van der Waals surface area contributed by atoms with E-state index in [1.54, 1.807) is 11.1 Å². The Kier molecular flexibility index (Phi) is 3.46. The van der Waals surface area contributed by atoms with Crippen LogP contribution in [0.2, 0.25) is 0 Å². The van der Waals surface area contributed by atoms with Gasteiger partial charge in [0.15, 0.2) is 0 Å². The molecule has 0 radical (unpaired) electrons. The van der Waals surface area contributed by atoms with Crippen LogP contribution >= 0.6 is 22.6 Å². The molecule has 104 valence electrons. The Morgan fingerprint density at radius 3 is 2.05 bits per heavy atom. The number of aryl methyl sites for hydroxylation is 1. The molecule has 3 aromatic carbocycles. The molecule has 0 amide bonds. The zero-order valence-electron chi connectivity index (χ0n) is 11.9. The number of rotatable bonds is 1. The largest absolute Gasteiger partial charge is 0.0622 e. The third-order valence-electron chi connectivity index (χ3n) is 4.54. The van der Waals surface area contributed by atoms with Gasteiger partial charge < -0.3 is 0 Å². The minimum Gasteiger partial charge on any atom is -0.0622 e. The minimum absolute atomic E-state index is 1.23. The van der Waals surface area contributed by atoms with Gasteiger partial charge in [0.1, 0.15) is 0 Å². The van der Waals surface area contributed by atoms with Crippen molar-refractivity contribution < 1.29 is 0 Å². The molecule has 1 heteroatoms. The first kappa shape index (κ1) is 13.3. The Morgan fingerprint density at radius 1 is 0.667 bits per heavy atom. The highest BCUT2D eigenvalue weighted by Gasteiger charge is 2.20. The van der Waals surface area contributed by atoms with Crippen LogP contribution in [0.1, 0.15) is 24.0 Å². The van der Waals surface area contributed by atoms with Crippen LogP contribution in [-0.4, -0.2) is 0 Å². The molecule has 0 nitrogen and oxygen atoms in total. The highest BCUT2D eigenvalue weighted by atomic mass is 127. The molecule has 0 aliphatic heterocycles. The Labute approximate surface area is 139 Å². The molecule has 0 atom stereocenters. The first-order chi connectivity index (χ1) is 10.4. The molecular formula is C20H17I. The van der Waals surface area contributed by atoms with Crippen LogP contribution in [0.25, 0.3) is 21.9 Å². The number of hydrogen-bond acceptors (Lipinski definition) is 0. The molecular weight excluding hydrogens is 367 g/mol. The van der Waals surface area contributed by atoms with Crippen molar-refractivity contribution in [1.82, 2.24) is 0 Å². The van der Waals surface area contributed by atoms with E-state index in [0.717, 1.165) is 0 Å². The van der Waals surface area contributed by atoms with Gasteiger partial charge in [0, 0.05) is 9.13 Å². The van der Waals surface area contributed by atoms with Gasteiger partial charge in [0.05, 0.1) is 0 Å². The summed E-state index contributed by atoms with van der Waals surface area (Å²) < 4.78 is 1.46. The maximum Gasteiger partial charge on any atom is 0.0250 e. The summed E-state index contributed by atoms with van der Waals surface area (Å²) >= 11 is 2.58. The second-order valence-corrected chi connectivity index (χ2v) is 6.84. The fourth-order valence-electron chi connectivity index (χ4n) is 3.57. The quantitative estimate of drug-likeness (QED) is 0.452. The predicted octanol–water partition coefficient (Wildman–Crippen LogP) is 5.99. The van der Waals surface area contributed by atoms with Gasteiger partial charge in [0.25, 0.3) is 0 Å². The maximum absolute atomic E-state index is 2.58. The SMILES string of the molecule is Ic1c2c(c3ccccc3c1-c1ccccc1)CCCC2. The van der Waals surface area contributed by atoms with E-state index in [4.69, 9.17) is 0 Å². The van der Waals surface area contributed by atoms with E-state index >= 15 is 0 Å². The molecule has 1 aliphatic rings. The number of halogens is 1. The predicted molar refractivity (Wildman–Crippen MR) is 98.7 cm³/mol. The normalized spacial score (nSPS) is 14.1. The Balaban J connectivity index is 2.13. The summed E-state index contributed by atoms with van der Waals surface area (Å²) in [5.74, 6) is 0. The molecule has 21 heavy (non-hydrogen) atoms. The molecule has 4 rings (SSSR count). The van der Waals surface area contributed by atoms with E-state index in [1.807, 2.05) is 0 Å². The van der Waals surface area contributed by atoms with Crippen molar-refractivity contribution >= 4 is 33.4 Å². The summed E-state index contributed by atoms with van der Waals surface area (Å²) in [7, 11) is 0. The molecule has 0 aromatic heterocycles. The maximum atomic E-state index is 2.58. The van der Waals surface area contributed by atoms with E-state index < -0.39 is 0 Å². The first-order valence-electron chi connectivity index (χ1n) is 7.63. The molecule has 0 heterocycles. The number of fused-ring (bicyclic) bond motifs is 3. The molecule has 0 N–H and O–H groups in total. The zero-order valence-corrected chi connectivity index (χ0v) is 14.1. The molecule has 3 aromatic rings. The van der Waals surface area contributed by atoms with Crippen molar-refractivity contribution in [2.75, 3.05) is 0 Å².